The predicted octanol–water partition coefficient (Wildman–Crippen LogP) is -1.43. The van der Waals surface area contributed by atoms with Crippen molar-refractivity contribution in [2.75, 3.05) is 13.1 Å². The van der Waals surface area contributed by atoms with Crippen molar-refractivity contribution in [3.05, 3.63) is 0 Å². The average Bonchev–Trinajstić information content (AvgIpc) is 2.33. The van der Waals surface area contributed by atoms with Gasteiger partial charge in [0.1, 0.15) is 0 Å². The van der Waals surface area contributed by atoms with Gasteiger partial charge in [-0.3, -0.25) is 4.79 Å². The monoisotopic (exact) mass is 169 g/mol. The van der Waals surface area contributed by atoms with Gasteiger partial charge in [-0.05, 0) is 0 Å². The molecule has 2 atom stereocenters. The van der Waals surface area contributed by atoms with E-state index in [1.165, 1.54) is 4.90 Å². The van der Waals surface area contributed by atoms with Crippen molar-refractivity contribution < 1.29 is 15.0 Å². The fourth-order valence-corrected chi connectivity index (χ4v) is 1.17. The van der Waals surface area contributed by atoms with Crippen LogP contribution in [0.15, 0.2) is 0 Å². The Bertz CT molecular complexity index is 211. The van der Waals surface area contributed by atoms with Gasteiger partial charge >= 0.3 is 0 Å². The quantitative estimate of drug-likeness (QED) is 0.473. The van der Waals surface area contributed by atoms with Crippen LogP contribution in [0, 0.1) is 12.3 Å². The van der Waals surface area contributed by atoms with Gasteiger partial charge in [-0.15, -0.1) is 6.42 Å². The van der Waals surface area contributed by atoms with E-state index in [1.807, 2.05) is 0 Å². The normalized spacial score (nSPS) is 28.6. The van der Waals surface area contributed by atoms with E-state index in [0.29, 0.717) is 0 Å². The summed E-state index contributed by atoms with van der Waals surface area (Å²) >= 11 is 0. The number of rotatable bonds is 1. The molecule has 0 spiro atoms. The standard InChI is InChI=1S/C8H11NO3/c1-2-3-8(12)9-4-6(10)7(11)5-9/h1,6-7,10-11H,3-5H2/t6-,7+. The number of β-amino-alcohol motifs (C(OH)–C–C–N with tert-alkyl or cyclic N) is 2. The molecule has 66 valence electrons. The minimum atomic E-state index is -0.827. The zero-order valence-corrected chi connectivity index (χ0v) is 6.60. The number of hydrogen-bond donors (Lipinski definition) is 2. The van der Waals surface area contributed by atoms with Gasteiger partial charge in [-0.1, -0.05) is 5.92 Å². The van der Waals surface area contributed by atoms with E-state index in [4.69, 9.17) is 16.6 Å². The van der Waals surface area contributed by atoms with E-state index in [0.717, 1.165) is 0 Å². The van der Waals surface area contributed by atoms with Crippen LogP contribution in [-0.4, -0.2) is 46.3 Å². The largest absolute Gasteiger partial charge is 0.388 e. The first-order valence-electron chi connectivity index (χ1n) is 3.72. The summed E-state index contributed by atoms with van der Waals surface area (Å²) in [5.41, 5.74) is 0. The Hall–Kier alpha value is -1.05. The number of aliphatic hydroxyl groups is 2. The number of terminal acetylenes is 1. The number of carbonyl (C=O) groups excluding carboxylic acids is 1. The van der Waals surface area contributed by atoms with Gasteiger partial charge in [0, 0.05) is 13.1 Å². The minimum Gasteiger partial charge on any atom is -0.388 e. The van der Waals surface area contributed by atoms with Gasteiger partial charge in [-0.25, -0.2) is 0 Å². The molecule has 1 amide bonds. The molecule has 0 aromatic rings. The summed E-state index contributed by atoms with van der Waals surface area (Å²) in [5, 5.41) is 18.2. The lowest BCUT2D eigenvalue weighted by Crippen LogP contribution is -2.29. The first-order chi connectivity index (χ1) is 5.65. The molecule has 0 saturated carbocycles. The second-order valence-corrected chi connectivity index (χ2v) is 2.81. The predicted molar refractivity (Wildman–Crippen MR) is 42.0 cm³/mol. The van der Waals surface area contributed by atoms with Crippen LogP contribution in [0.1, 0.15) is 6.42 Å². The molecule has 0 aromatic heterocycles. The molecule has 4 nitrogen and oxygen atoms in total. The second kappa shape index (κ2) is 3.57. The Kier molecular flexibility index (Phi) is 2.69. The zero-order chi connectivity index (χ0) is 9.14. The Balaban J connectivity index is 2.47. The number of aliphatic hydroxyl groups excluding tert-OH is 2. The highest BCUT2D eigenvalue weighted by Gasteiger charge is 2.31. The highest BCUT2D eigenvalue weighted by atomic mass is 16.3. The smallest absolute Gasteiger partial charge is 0.234 e. The van der Waals surface area contributed by atoms with Crippen molar-refractivity contribution in [1.29, 1.82) is 0 Å². The van der Waals surface area contributed by atoms with Gasteiger partial charge in [0.2, 0.25) is 5.91 Å². The molecule has 2 N–H and O–H groups in total. The lowest BCUT2D eigenvalue weighted by Gasteiger charge is -2.12. The molecule has 1 heterocycles. The molecule has 1 fully saturated rings. The SMILES string of the molecule is C#CCC(=O)N1C[C@@H](O)[C@@H](O)C1. The fraction of sp³-hybridized carbons (Fsp3) is 0.625. The summed E-state index contributed by atoms with van der Waals surface area (Å²) in [4.78, 5) is 12.5. The zero-order valence-electron chi connectivity index (χ0n) is 6.60. The molecule has 0 aliphatic carbocycles. The van der Waals surface area contributed by atoms with Crippen LogP contribution >= 0.6 is 0 Å². The third-order valence-electron chi connectivity index (χ3n) is 1.87. The van der Waals surface area contributed by atoms with Crippen molar-refractivity contribution in [3.63, 3.8) is 0 Å². The first kappa shape index (κ1) is 9.04. The molecule has 0 radical (unpaired) electrons. The van der Waals surface area contributed by atoms with E-state index >= 15 is 0 Å². The molecule has 1 aliphatic heterocycles. The van der Waals surface area contributed by atoms with Gasteiger partial charge in [0.25, 0.3) is 0 Å². The molecule has 0 unspecified atom stereocenters. The van der Waals surface area contributed by atoms with Gasteiger partial charge < -0.3 is 15.1 Å². The average molecular weight is 169 g/mol. The molecular formula is C8H11NO3. The maximum atomic E-state index is 11.1. The van der Waals surface area contributed by atoms with Crippen LogP contribution < -0.4 is 0 Å². The van der Waals surface area contributed by atoms with E-state index in [9.17, 15) is 4.79 Å². The lowest BCUT2D eigenvalue weighted by atomic mass is 10.3. The minimum absolute atomic E-state index is 0.0272. The van der Waals surface area contributed by atoms with Crippen LogP contribution in [0.4, 0.5) is 0 Å². The third kappa shape index (κ3) is 1.76. The number of carbonyl (C=O) groups is 1. The third-order valence-corrected chi connectivity index (χ3v) is 1.87. The molecular weight excluding hydrogens is 158 g/mol. The van der Waals surface area contributed by atoms with Crippen LogP contribution in [0.25, 0.3) is 0 Å². The highest BCUT2D eigenvalue weighted by molar-refractivity contribution is 5.78. The Morgan fingerprint density at radius 1 is 1.50 bits per heavy atom. The summed E-state index contributed by atoms with van der Waals surface area (Å²) < 4.78 is 0. The molecule has 1 aliphatic rings. The molecule has 1 rings (SSSR count). The summed E-state index contributed by atoms with van der Waals surface area (Å²) in [6.45, 7) is 0.364. The summed E-state index contributed by atoms with van der Waals surface area (Å²) in [6, 6.07) is 0. The van der Waals surface area contributed by atoms with Gasteiger partial charge in [-0.2, -0.15) is 0 Å². The highest BCUT2D eigenvalue weighted by Crippen LogP contribution is 2.10. The molecule has 1 saturated heterocycles. The second-order valence-electron chi connectivity index (χ2n) is 2.81. The fourth-order valence-electron chi connectivity index (χ4n) is 1.17. The molecule has 12 heavy (non-hydrogen) atoms. The summed E-state index contributed by atoms with van der Waals surface area (Å²) in [5.74, 6) is 2.00. The number of hydrogen-bond acceptors (Lipinski definition) is 3. The van der Waals surface area contributed by atoms with Crippen LogP contribution in [0.5, 0.6) is 0 Å². The van der Waals surface area contributed by atoms with Crippen molar-refractivity contribution in [1.82, 2.24) is 4.90 Å². The number of nitrogens with zero attached hydrogens (tertiary/aromatic N) is 1. The Labute approximate surface area is 70.8 Å². The maximum absolute atomic E-state index is 11.1. The Morgan fingerprint density at radius 3 is 2.42 bits per heavy atom. The summed E-state index contributed by atoms with van der Waals surface area (Å²) in [7, 11) is 0. The van der Waals surface area contributed by atoms with Gasteiger partial charge in [0.05, 0.1) is 18.6 Å². The van der Waals surface area contributed by atoms with E-state index in [-0.39, 0.29) is 25.4 Å². The molecule has 0 aromatic carbocycles. The molecule has 0 bridgehead atoms. The number of likely N-dealkylation sites (tertiary alicyclic amines) is 1. The van der Waals surface area contributed by atoms with Gasteiger partial charge in [0.15, 0.2) is 0 Å². The van der Waals surface area contributed by atoms with Crippen molar-refractivity contribution in [2.45, 2.75) is 18.6 Å². The van der Waals surface area contributed by atoms with Crippen LogP contribution in [-0.2, 0) is 4.79 Å². The first-order valence-corrected chi connectivity index (χ1v) is 3.72. The van der Waals surface area contributed by atoms with Crippen molar-refractivity contribution in [2.24, 2.45) is 0 Å². The Morgan fingerprint density at radius 2 is 2.00 bits per heavy atom. The van der Waals surface area contributed by atoms with Crippen molar-refractivity contribution >= 4 is 5.91 Å². The number of amides is 1. The van der Waals surface area contributed by atoms with Crippen molar-refractivity contribution in [3.8, 4) is 12.3 Å². The van der Waals surface area contributed by atoms with E-state index < -0.39 is 12.2 Å². The van der Waals surface area contributed by atoms with Crippen LogP contribution in [0.3, 0.4) is 0 Å². The summed E-state index contributed by atoms with van der Waals surface area (Å²) in [6.07, 6.45) is 3.32. The van der Waals surface area contributed by atoms with Crippen LogP contribution in [0.2, 0.25) is 0 Å². The lowest BCUT2D eigenvalue weighted by molar-refractivity contribution is -0.129. The topological polar surface area (TPSA) is 60.8 Å². The molecule has 4 heteroatoms. The maximum Gasteiger partial charge on any atom is 0.234 e. The van der Waals surface area contributed by atoms with E-state index in [1.54, 1.807) is 0 Å². The van der Waals surface area contributed by atoms with E-state index in [2.05, 4.69) is 5.92 Å².